The van der Waals surface area contributed by atoms with Gasteiger partial charge in [-0.05, 0) is 68.0 Å². The monoisotopic (exact) mass is 492 g/mol. The van der Waals surface area contributed by atoms with E-state index >= 15 is 0 Å². The zero-order valence-electron chi connectivity index (χ0n) is 20.8. The summed E-state index contributed by atoms with van der Waals surface area (Å²) < 4.78 is 5.31. The van der Waals surface area contributed by atoms with Crippen LogP contribution in [-0.2, 0) is 16.1 Å². The zero-order chi connectivity index (χ0) is 24.6. The van der Waals surface area contributed by atoms with Gasteiger partial charge in [-0.1, -0.05) is 49.2 Å². The quantitative estimate of drug-likeness (QED) is 0.367. The summed E-state index contributed by atoms with van der Waals surface area (Å²) in [5.41, 5.74) is 4.01. The average molecular weight is 493 g/mol. The van der Waals surface area contributed by atoms with Crippen molar-refractivity contribution in [1.29, 1.82) is 0 Å². The van der Waals surface area contributed by atoms with Crippen LogP contribution >= 0.6 is 11.8 Å². The molecule has 1 saturated heterocycles. The highest BCUT2D eigenvalue weighted by molar-refractivity contribution is 8.04. The molecule has 0 spiro atoms. The highest BCUT2D eigenvalue weighted by Gasteiger charge is 2.40. The lowest BCUT2D eigenvalue weighted by Crippen LogP contribution is -2.50. The lowest BCUT2D eigenvalue weighted by molar-refractivity contribution is -0.130. The third kappa shape index (κ3) is 6.56. The fraction of sp³-hybridized carbons (Fsp3) is 0.448. The zero-order valence-corrected chi connectivity index (χ0v) is 21.6. The van der Waals surface area contributed by atoms with E-state index in [0.717, 1.165) is 29.7 Å². The molecular weight excluding hydrogens is 456 g/mol. The van der Waals surface area contributed by atoms with Crippen LogP contribution in [-0.4, -0.2) is 47.8 Å². The predicted molar refractivity (Wildman–Crippen MR) is 143 cm³/mol. The Morgan fingerprint density at radius 3 is 2.69 bits per heavy atom. The van der Waals surface area contributed by atoms with Gasteiger partial charge in [0.1, 0.15) is 0 Å². The van der Waals surface area contributed by atoms with Crippen molar-refractivity contribution in [3.05, 3.63) is 75.7 Å². The number of amides is 2. The van der Waals surface area contributed by atoms with Crippen molar-refractivity contribution < 1.29 is 14.3 Å². The van der Waals surface area contributed by atoms with Crippen molar-refractivity contribution >= 4 is 29.7 Å². The number of rotatable bonds is 9. The van der Waals surface area contributed by atoms with Gasteiger partial charge in [0, 0.05) is 43.2 Å². The van der Waals surface area contributed by atoms with E-state index in [2.05, 4.69) is 35.3 Å². The van der Waals surface area contributed by atoms with Crippen molar-refractivity contribution in [1.82, 2.24) is 10.2 Å². The van der Waals surface area contributed by atoms with Gasteiger partial charge < -0.3 is 15.0 Å². The molecule has 2 unspecified atom stereocenters. The molecule has 0 aromatic heterocycles. The van der Waals surface area contributed by atoms with E-state index in [1.54, 1.807) is 11.8 Å². The number of ether oxygens (including phenoxy) is 1. The average Bonchev–Trinajstić information content (AvgIpc) is 2.88. The Balaban J connectivity index is 1.46. The smallest absolute Gasteiger partial charge is 0.260 e. The van der Waals surface area contributed by atoms with Crippen molar-refractivity contribution in [2.75, 3.05) is 19.8 Å². The molecule has 0 bridgehead atoms. The highest BCUT2D eigenvalue weighted by atomic mass is 32.2. The lowest BCUT2D eigenvalue weighted by Gasteiger charge is -2.44. The predicted octanol–water partition coefficient (Wildman–Crippen LogP) is 5.58. The number of fused-ring (bicyclic) bond motifs is 1. The molecular formula is C29H36N2O3S. The van der Waals surface area contributed by atoms with Crippen molar-refractivity contribution in [2.24, 2.45) is 0 Å². The van der Waals surface area contributed by atoms with Gasteiger partial charge in [-0.25, -0.2) is 0 Å². The molecule has 4 rings (SSSR count). The molecule has 1 saturated carbocycles. The Labute approximate surface area is 213 Å². The maximum absolute atomic E-state index is 13.6. The van der Waals surface area contributed by atoms with E-state index in [-0.39, 0.29) is 11.8 Å². The van der Waals surface area contributed by atoms with Crippen LogP contribution in [0.2, 0.25) is 0 Å². The largest absolute Gasteiger partial charge is 0.382 e. The van der Waals surface area contributed by atoms with Crippen LogP contribution in [0, 0.1) is 6.92 Å². The number of benzene rings is 2. The van der Waals surface area contributed by atoms with Crippen LogP contribution in [0.5, 0.6) is 0 Å². The molecule has 2 aromatic rings. The molecule has 1 aliphatic heterocycles. The van der Waals surface area contributed by atoms with Crippen LogP contribution in [0.15, 0.2) is 53.4 Å². The highest BCUT2D eigenvalue weighted by Crippen LogP contribution is 2.42. The van der Waals surface area contributed by atoms with Crippen LogP contribution < -0.4 is 5.32 Å². The third-order valence-corrected chi connectivity index (χ3v) is 8.24. The normalized spacial score (nSPS) is 21.1. The Morgan fingerprint density at radius 2 is 1.91 bits per heavy atom. The maximum Gasteiger partial charge on any atom is 0.260 e. The van der Waals surface area contributed by atoms with Gasteiger partial charge in [-0.15, -0.1) is 11.8 Å². The first-order valence-corrected chi connectivity index (χ1v) is 13.6. The Kier molecular flexibility index (Phi) is 9.05. The molecule has 0 radical (unpaired) electrons. The van der Waals surface area contributed by atoms with E-state index < -0.39 is 0 Å². The second-order valence-corrected chi connectivity index (χ2v) is 10.6. The first-order valence-electron chi connectivity index (χ1n) is 12.8. The molecule has 2 atom stereocenters. The SMILES string of the molecule is CCOCCCNC(=O)c1ccc(/C=C2/SC3CCCCC3N(Cc3ccccc3C)C2=O)cc1. The topological polar surface area (TPSA) is 58.6 Å². The minimum absolute atomic E-state index is 0.0849. The number of hydrogen-bond donors (Lipinski definition) is 1. The molecule has 35 heavy (non-hydrogen) atoms. The van der Waals surface area contributed by atoms with E-state index in [1.807, 2.05) is 43.3 Å². The summed E-state index contributed by atoms with van der Waals surface area (Å²) in [5.74, 6) is 0.0378. The summed E-state index contributed by atoms with van der Waals surface area (Å²) >= 11 is 1.74. The summed E-state index contributed by atoms with van der Waals surface area (Å²) in [6.07, 6.45) is 7.43. The molecule has 2 aromatic carbocycles. The summed E-state index contributed by atoms with van der Waals surface area (Å²) in [4.78, 5) is 28.9. The summed E-state index contributed by atoms with van der Waals surface area (Å²) in [6, 6.07) is 16.2. The number of nitrogens with zero attached hydrogens (tertiary/aromatic N) is 1. The first kappa shape index (κ1) is 25.5. The second kappa shape index (κ2) is 12.4. The Bertz CT molecular complexity index is 1050. The molecule has 2 aliphatic rings. The molecule has 1 N–H and O–H groups in total. The van der Waals surface area contributed by atoms with E-state index in [4.69, 9.17) is 4.74 Å². The number of aryl methyl sites for hydroxylation is 1. The van der Waals surface area contributed by atoms with Gasteiger partial charge in [-0.3, -0.25) is 9.59 Å². The molecule has 6 heteroatoms. The van der Waals surface area contributed by atoms with Crippen molar-refractivity contribution in [3.63, 3.8) is 0 Å². The summed E-state index contributed by atoms with van der Waals surface area (Å²) in [5, 5.41) is 3.37. The van der Waals surface area contributed by atoms with Gasteiger partial charge in [0.15, 0.2) is 0 Å². The van der Waals surface area contributed by atoms with Crippen LogP contribution in [0.4, 0.5) is 0 Å². The summed E-state index contributed by atoms with van der Waals surface area (Å²) in [7, 11) is 0. The molecule has 2 amide bonds. The number of nitrogens with one attached hydrogen (secondary N) is 1. The molecule has 5 nitrogen and oxygen atoms in total. The van der Waals surface area contributed by atoms with E-state index in [1.165, 1.54) is 24.0 Å². The van der Waals surface area contributed by atoms with Crippen LogP contribution in [0.3, 0.4) is 0 Å². The van der Waals surface area contributed by atoms with Crippen LogP contribution in [0.25, 0.3) is 6.08 Å². The lowest BCUT2D eigenvalue weighted by atomic mass is 9.92. The fourth-order valence-corrected chi connectivity index (χ4v) is 6.31. The second-order valence-electron chi connectivity index (χ2n) is 9.30. The summed E-state index contributed by atoms with van der Waals surface area (Å²) in [6.45, 7) is 6.67. The number of carbonyl (C=O) groups is 2. The van der Waals surface area contributed by atoms with Crippen molar-refractivity contribution in [2.45, 2.75) is 63.8 Å². The molecule has 1 heterocycles. The maximum atomic E-state index is 13.6. The first-order chi connectivity index (χ1) is 17.1. The Morgan fingerprint density at radius 1 is 1.14 bits per heavy atom. The molecule has 2 fully saturated rings. The van der Waals surface area contributed by atoms with Crippen LogP contribution in [0.1, 0.15) is 66.1 Å². The van der Waals surface area contributed by atoms with Gasteiger partial charge in [0.2, 0.25) is 0 Å². The van der Waals surface area contributed by atoms with Gasteiger partial charge in [0.25, 0.3) is 11.8 Å². The number of carbonyl (C=O) groups excluding carboxylic acids is 2. The molecule has 186 valence electrons. The van der Waals surface area contributed by atoms with E-state index in [0.29, 0.717) is 43.2 Å². The number of hydrogen-bond acceptors (Lipinski definition) is 4. The van der Waals surface area contributed by atoms with Gasteiger partial charge in [0.05, 0.1) is 4.91 Å². The molecule has 1 aliphatic carbocycles. The number of thioether (sulfide) groups is 1. The Hall–Kier alpha value is -2.57. The minimum atomic E-state index is -0.0849. The van der Waals surface area contributed by atoms with Crippen molar-refractivity contribution in [3.8, 4) is 0 Å². The van der Waals surface area contributed by atoms with Gasteiger partial charge >= 0.3 is 0 Å². The van der Waals surface area contributed by atoms with Gasteiger partial charge in [-0.2, -0.15) is 0 Å². The minimum Gasteiger partial charge on any atom is -0.382 e. The fourth-order valence-electron chi connectivity index (χ4n) is 4.84. The van der Waals surface area contributed by atoms with E-state index in [9.17, 15) is 9.59 Å². The third-order valence-electron chi connectivity index (χ3n) is 6.85. The standard InChI is InChI=1S/C29H36N2O3S/c1-3-34-18-8-17-30-28(32)23-15-13-22(14-16-23)19-27-29(33)31(20-24-10-5-4-9-21(24)2)25-11-6-7-12-26(25)35-27/h4-5,9-10,13-16,19,25-26H,3,6-8,11-12,17-18,20H2,1-2H3,(H,30,32)/b27-19+.